The number of aryl methyl sites for hydroxylation is 1. The lowest BCUT2D eigenvalue weighted by Crippen LogP contribution is -1.79. The topological polar surface area (TPSA) is 38.9 Å². The van der Waals surface area contributed by atoms with Crippen LogP contribution in [0.4, 0.5) is 0 Å². The first-order valence-corrected chi connectivity index (χ1v) is 6.68. The second-order valence-corrected chi connectivity index (χ2v) is 3.92. The molecule has 19 heavy (non-hydrogen) atoms. The highest BCUT2D eigenvalue weighted by molar-refractivity contribution is 5.86. The average molecular weight is 254 g/mol. The Bertz CT molecular complexity index is 658. The zero-order valence-corrected chi connectivity index (χ0v) is 11.6. The first-order valence-electron chi connectivity index (χ1n) is 6.68. The molecule has 0 radical (unpaired) electrons. The molecule has 0 saturated carbocycles. The van der Waals surface area contributed by atoms with Gasteiger partial charge >= 0.3 is 0 Å². The lowest BCUT2D eigenvalue weighted by Gasteiger charge is -1.99. The van der Waals surface area contributed by atoms with E-state index in [2.05, 4.69) is 34.5 Å². The molecule has 0 N–H and O–H groups in total. The molecule has 2 aromatic carbocycles. The highest BCUT2D eigenvalue weighted by Gasteiger charge is 2.07. The summed E-state index contributed by atoms with van der Waals surface area (Å²) >= 11 is 0. The number of aromatic nitrogens is 2. The van der Waals surface area contributed by atoms with E-state index in [9.17, 15) is 0 Å². The quantitative estimate of drug-likeness (QED) is 0.677. The van der Waals surface area contributed by atoms with Gasteiger partial charge in [0.25, 0.3) is 0 Å². The van der Waals surface area contributed by atoms with Crippen LogP contribution < -0.4 is 0 Å². The van der Waals surface area contributed by atoms with Crippen molar-refractivity contribution in [1.29, 1.82) is 0 Å². The molecule has 0 aliphatic heterocycles. The van der Waals surface area contributed by atoms with Crippen LogP contribution >= 0.6 is 0 Å². The summed E-state index contributed by atoms with van der Waals surface area (Å²) in [7, 11) is 0. The van der Waals surface area contributed by atoms with Crippen LogP contribution in [0.3, 0.4) is 0 Å². The minimum absolute atomic E-state index is 0.590. The van der Waals surface area contributed by atoms with Crippen LogP contribution in [-0.2, 0) is 6.42 Å². The van der Waals surface area contributed by atoms with Crippen LogP contribution in [0, 0.1) is 0 Å². The number of hydrogen-bond donors (Lipinski definition) is 0. The van der Waals surface area contributed by atoms with Gasteiger partial charge in [-0.05, 0) is 22.9 Å². The molecule has 98 valence electrons. The molecule has 0 saturated heterocycles. The molecule has 0 aliphatic rings. The van der Waals surface area contributed by atoms with Crippen molar-refractivity contribution in [3.05, 3.63) is 48.4 Å². The maximum absolute atomic E-state index is 5.55. The van der Waals surface area contributed by atoms with Crippen molar-refractivity contribution >= 4 is 10.8 Å². The predicted octanol–water partition coefficient (Wildman–Crippen LogP) is 4.48. The zero-order chi connectivity index (χ0) is 13.7. The lowest BCUT2D eigenvalue weighted by molar-refractivity contribution is 0.513. The van der Waals surface area contributed by atoms with Crippen LogP contribution in [0.5, 0.6) is 0 Å². The van der Waals surface area contributed by atoms with E-state index >= 15 is 0 Å². The van der Waals surface area contributed by atoms with Gasteiger partial charge in [-0.15, -0.1) is 10.2 Å². The van der Waals surface area contributed by atoms with Gasteiger partial charge in [-0.25, -0.2) is 0 Å². The predicted molar refractivity (Wildman–Crippen MR) is 78.0 cm³/mol. The van der Waals surface area contributed by atoms with Crippen molar-refractivity contribution in [2.45, 2.75) is 27.2 Å². The molecular weight excluding hydrogens is 236 g/mol. The van der Waals surface area contributed by atoms with Gasteiger partial charge in [-0.2, -0.15) is 0 Å². The van der Waals surface area contributed by atoms with Gasteiger partial charge in [0, 0.05) is 12.0 Å². The zero-order valence-electron chi connectivity index (χ0n) is 11.6. The molecule has 0 fully saturated rings. The van der Waals surface area contributed by atoms with Crippen molar-refractivity contribution in [3.8, 4) is 11.5 Å². The third-order valence-electron chi connectivity index (χ3n) is 2.77. The third-order valence-corrected chi connectivity index (χ3v) is 2.77. The van der Waals surface area contributed by atoms with Gasteiger partial charge in [-0.3, -0.25) is 0 Å². The average Bonchev–Trinajstić information content (AvgIpc) is 2.98. The summed E-state index contributed by atoms with van der Waals surface area (Å²) in [5.74, 6) is 1.26. The molecule has 1 heterocycles. The normalized spacial score (nSPS) is 10.1. The van der Waals surface area contributed by atoms with E-state index in [1.165, 1.54) is 10.8 Å². The Balaban J connectivity index is 0.000000637. The van der Waals surface area contributed by atoms with E-state index in [0.717, 1.165) is 12.0 Å². The van der Waals surface area contributed by atoms with Crippen molar-refractivity contribution < 1.29 is 4.42 Å². The van der Waals surface area contributed by atoms with Crippen LogP contribution in [0.15, 0.2) is 46.9 Å². The first kappa shape index (κ1) is 13.3. The smallest absolute Gasteiger partial charge is 0.247 e. The summed E-state index contributed by atoms with van der Waals surface area (Å²) in [6.07, 6.45) is 0.764. The molecule has 3 heteroatoms. The van der Waals surface area contributed by atoms with Crippen LogP contribution in [0.2, 0.25) is 0 Å². The van der Waals surface area contributed by atoms with Crippen molar-refractivity contribution in [2.24, 2.45) is 0 Å². The van der Waals surface area contributed by atoms with Crippen LogP contribution in [0.25, 0.3) is 22.2 Å². The summed E-state index contributed by atoms with van der Waals surface area (Å²) in [6, 6.07) is 14.4. The van der Waals surface area contributed by atoms with Crippen molar-refractivity contribution in [2.75, 3.05) is 0 Å². The molecule has 0 aliphatic carbocycles. The molecule has 0 spiro atoms. The van der Waals surface area contributed by atoms with E-state index in [-0.39, 0.29) is 0 Å². The van der Waals surface area contributed by atoms with E-state index in [1.807, 2.05) is 39.0 Å². The fraction of sp³-hybridized carbons (Fsp3) is 0.250. The van der Waals surface area contributed by atoms with Crippen LogP contribution in [0.1, 0.15) is 26.7 Å². The lowest BCUT2D eigenvalue weighted by atomic mass is 10.1. The highest BCUT2D eigenvalue weighted by atomic mass is 16.4. The number of nitrogens with zero attached hydrogens (tertiary/aromatic N) is 2. The Hall–Kier alpha value is -2.16. The number of hydrogen-bond acceptors (Lipinski definition) is 3. The van der Waals surface area contributed by atoms with Gasteiger partial charge in [-0.1, -0.05) is 51.1 Å². The second-order valence-electron chi connectivity index (χ2n) is 3.92. The summed E-state index contributed by atoms with van der Waals surface area (Å²) in [4.78, 5) is 0. The summed E-state index contributed by atoms with van der Waals surface area (Å²) in [6.45, 7) is 6.00. The number of fused-ring (bicyclic) bond motifs is 1. The Morgan fingerprint density at radius 3 is 2.37 bits per heavy atom. The van der Waals surface area contributed by atoms with Gasteiger partial charge < -0.3 is 4.42 Å². The van der Waals surface area contributed by atoms with Crippen LogP contribution in [-0.4, -0.2) is 10.2 Å². The Morgan fingerprint density at radius 2 is 1.68 bits per heavy atom. The molecular formula is C16H18N2O. The first-order chi connectivity index (χ1) is 9.36. The summed E-state index contributed by atoms with van der Waals surface area (Å²) in [5, 5.41) is 10.4. The van der Waals surface area contributed by atoms with E-state index in [0.29, 0.717) is 11.8 Å². The minimum Gasteiger partial charge on any atom is -0.421 e. The molecule has 1 aromatic heterocycles. The molecule has 0 amide bonds. The number of rotatable bonds is 2. The fourth-order valence-electron chi connectivity index (χ4n) is 1.84. The van der Waals surface area contributed by atoms with Gasteiger partial charge in [0.1, 0.15) is 0 Å². The summed E-state index contributed by atoms with van der Waals surface area (Å²) in [5.41, 5.74) is 0.968. The Morgan fingerprint density at radius 1 is 0.947 bits per heavy atom. The molecule has 0 bridgehead atoms. The van der Waals surface area contributed by atoms with Gasteiger partial charge in [0.05, 0.1) is 0 Å². The largest absolute Gasteiger partial charge is 0.421 e. The summed E-state index contributed by atoms with van der Waals surface area (Å²) < 4.78 is 5.55. The SMILES string of the molecule is CC.CCc1nnc(-c2ccc3ccccc3c2)o1. The van der Waals surface area contributed by atoms with Crippen molar-refractivity contribution in [3.63, 3.8) is 0 Å². The fourth-order valence-corrected chi connectivity index (χ4v) is 1.84. The van der Waals surface area contributed by atoms with Gasteiger partial charge in [0.2, 0.25) is 11.8 Å². The standard InChI is InChI=1S/C14H12N2O.C2H6/c1-2-13-15-16-14(17-13)12-8-7-10-5-3-4-6-11(10)9-12;1-2/h3-9H,2H2,1H3;1-2H3. The molecule has 3 rings (SSSR count). The Labute approximate surface area is 113 Å². The molecule has 0 unspecified atom stereocenters. The monoisotopic (exact) mass is 254 g/mol. The number of benzene rings is 2. The molecule has 3 aromatic rings. The van der Waals surface area contributed by atoms with E-state index in [1.54, 1.807) is 0 Å². The second kappa shape index (κ2) is 6.14. The van der Waals surface area contributed by atoms with E-state index < -0.39 is 0 Å². The van der Waals surface area contributed by atoms with Crippen molar-refractivity contribution in [1.82, 2.24) is 10.2 Å². The molecule has 3 nitrogen and oxygen atoms in total. The highest BCUT2D eigenvalue weighted by Crippen LogP contribution is 2.23. The van der Waals surface area contributed by atoms with Gasteiger partial charge in [0.15, 0.2) is 0 Å². The Kier molecular flexibility index (Phi) is 4.29. The third kappa shape index (κ3) is 2.81. The van der Waals surface area contributed by atoms with E-state index in [4.69, 9.17) is 4.42 Å². The maximum atomic E-state index is 5.55. The maximum Gasteiger partial charge on any atom is 0.247 e. The molecule has 0 atom stereocenters. The minimum atomic E-state index is 0.590.